The van der Waals surface area contributed by atoms with Crippen molar-refractivity contribution in [2.45, 2.75) is 39.4 Å². The maximum Gasteiger partial charge on any atom is 0.337 e. The first-order valence-corrected chi connectivity index (χ1v) is 16.0. The van der Waals surface area contributed by atoms with Crippen LogP contribution in [0.25, 0.3) is 11.6 Å². The molecule has 2 aromatic carbocycles. The molecule has 5 N–H and O–H groups in total. The van der Waals surface area contributed by atoms with Gasteiger partial charge in [-0.3, -0.25) is 24.2 Å². The van der Waals surface area contributed by atoms with Crippen molar-refractivity contribution in [3.8, 4) is 0 Å². The summed E-state index contributed by atoms with van der Waals surface area (Å²) in [4.78, 5) is 58.1. The number of likely N-dealkylation sites (N-methyl/N-ethyl adjacent to an activating group) is 1. The van der Waals surface area contributed by atoms with Crippen LogP contribution in [0.15, 0.2) is 42.5 Å². The minimum absolute atomic E-state index is 0.0753. The summed E-state index contributed by atoms with van der Waals surface area (Å²) in [5.74, 6) is -2.36. The largest absolute Gasteiger partial charge is 0.478 e. The molecule has 3 aromatic rings. The molecule has 1 unspecified atom stereocenters. The predicted octanol–water partition coefficient (Wildman–Crippen LogP) is 3.38. The Kier molecular flexibility index (Phi) is 9.00. The highest BCUT2D eigenvalue weighted by atomic mass is 16.4. The molecule has 4 heterocycles. The number of hydrogen-bond acceptors (Lipinski definition) is 7. The molecule has 12 nitrogen and oxygen atoms in total. The molecule has 3 amide bonds. The van der Waals surface area contributed by atoms with Gasteiger partial charge in [0.05, 0.1) is 16.8 Å². The molecular weight excluding hydrogens is 598 g/mol. The second-order valence-electron chi connectivity index (χ2n) is 12.7. The average Bonchev–Trinajstić information content (AvgIpc) is 3.72. The van der Waals surface area contributed by atoms with E-state index in [-0.39, 0.29) is 17.4 Å². The van der Waals surface area contributed by atoms with Crippen molar-refractivity contribution in [2.75, 3.05) is 56.9 Å². The molecule has 3 aliphatic heterocycles. The number of rotatable bonds is 9. The Morgan fingerprint density at radius 3 is 2.32 bits per heavy atom. The number of aromatic nitrogens is 1. The van der Waals surface area contributed by atoms with Gasteiger partial charge in [-0.25, -0.2) is 4.79 Å². The van der Waals surface area contributed by atoms with E-state index in [4.69, 9.17) is 5.73 Å². The molecule has 2 saturated heterocycles. The highest BCUT2D eigenvalue weighted by molar-refractivity contribution is 6.35. The van der Waals surface area contributed by atoms with Crippen LogP contribution in [0.2, 0.25) is 0 Å². The van der Waals surface area contributed by atoms with Gasteiger partial charge in [-0.1, -0.05) is 18.2 Å². The summed E-state index contributed by atoms with van der Waals surface area (Å²) in [5, 5.41) is 15.8. The quantitative estimate of drug-likeness (QED) is 0.260. The molecule has 0 spiro atoms. The van der Waals surface area contributed by atoms with E-state index in [1.54, 1.807) is 42.7 Å². The number of fused-ring (bicyclic) bond motifs is 1. The Labute approximate surface area is 273 Å². The number of hydrogen-bond donors (Lipinski definition) is 4. The average molecular weight is 640 g/mol. The summed E-state index contributed by atoms with van der Waals surface area (Å²) in [6, 6.07) is 12.8. The van der Waals surface area contributed by atoms with Gasteiger partial charge in [0, 0.05) is 74.0 Å². The number of anilines is 2. The van der Waals surface area contributed by atoms with Crippen molar-refractivity contribution in [1.29, 1.82) is 0 Å². The first kappa shape index (κ1) is 32.2. The molecule has 6 rings (SSSR count). The summed E-state index contributed by atoms with van der Waals surface area (Å²) >= 11 is 0. The first-order valence-electron chi connectivity index (χ1n) is 16.0. The molecule has 1 aromatic heterocycles. The van der Waals surface area contributed by atoms with Gasteiger partial charge in [0.15, 0.2) is 6.17 Å². The third-order valence-electron chi connectivity index (χ3n) is 9.50. The minimum atomic E-state index is -1.12. The lowest BCUT2D eigenvalue weighted by Gasteiger charge is -2.32. The molecule has 1 atom stereocenters. The van der Waals surface area contributed by atoms with Crippen LogP contribution in [-0.2, 0) is 16.1 Å². The standard InChI is InChI=1S/C35H41N7O5/c1-21-29(42(22(2)30(21)35(46)47)34(31(36)43)41-12-4-5-13-41)19-27-26-11-10-25(18-28(26)38-33(27)45)37-32(44)24-8-6-23(7-9-24)20-40-16-14-39(3)15-17-40/h6-11,18-19,34H,4-5,12-17,20H2,1-3H3,(H2,36,43)(H,37,44)(H,38,45)(H,46,47). The Hall–Kier alpha value is -4.78. The lowest BCUT2D eigenvalue weighted by atomic mass is 10.0. The summed E-state index contributed by atoms with van der Waals surface area (Å²) in [6.45, 7) is 9.62. The Bertz CT molecular complexity index is 1760. The lowest BCUT2D eigenvalue weighted by molar-refractivity contribution is -0.126. The third-order valence-corrected chi connectivity index (χ3v) is 9.50. The second-order valence-corrected chi connectivity index (χ2v) is 12.7. The number of nitrogens with two attached hydrogens (primary N) is 1. The Morgan fingerprint density at radius 1 is 1.00 bits per heavy atom. The molecule has 0 saturated carbocycles. The van der Waals surface area contributed by atoms with E-state index >= 15 is 0 Å². The van der Waals surface area contributed by atoms with E-state index in [0.29, 0.717) is 58.1 Å². The van der Waals surface area contributed by atoms with Gasteiger partial charge in [0.2, 0.25) is 0 Å². The van der Waals surface area contributed by atoms with Crippen molar-refractivity contribution in [2.24, 2.45) is 5.73 Å². The number of primary amides is 1. The maximum absolute atomic E-state index is 13.3. The number of carbonyl (C=O) groups excluding carboxylic acids is 3. The zero-order valence-electron chi connectivity index (χ0n) is 27.0. The van der Waals surface area contributed by atoms with Gasteiger partial charge in [0.1, 0.15) is 0 Å². The highest BCUT2D eigenvalue weighted by Crippen LogP contribution is 2.38. The molecule has 47 heavy (non-hydrogen) atoms. The maximum atomic E-state index is 13.3. The number of amides is 3. The molecule has 3 aliphatic rings. The van der Waals surface area contributed by atoms with Crippen LogP contribution in [0, 0.1) is 13.8 Å². The van der Waals surface area contributed by atoms with E-state index < -0.39 is 18.0 Å². The molecular formula is C35H41N7O5. The number of benzene rings is 2. The molecule has 12 heteroatoms. The SMILES string of the molecule is Cc1c(C(=O)O)c(C)n(C(C(N)=O)N2CCCC2)c1C=C1C(=O)Nc2cc(NC(=O)c3ccc(CN4CCN(C)CC4)cc3)ccc21. The fourth-order valence-electron chi connectivity index (χ4n) is 6.93. The van der Waals surface area contributed by atoms with Crippen molar-refractivity contribution in [3.63, 3.8) is 0 Å². The normalized spacial score (nSPS) is 18.7. The number of nitrogens with zero attached hydrogens (tertiary/aromatic N) is 4. The van der Waals surface area contributed by atoms with E-state index in [1.165, 1.54) is 0 Å². The number of carboxylic acids is 1. The van der Waals surface area contributed by atoms with Gasteiger partial charge in [0.25, 0.3) is 17.7 Å². The van der Waals surface area contributed by atoms with E-state index in [2.05, 4.69) is 27.5 Å². The Balaban J connectivity index is 1.24. The van der Waals surface area contributed by atoms with Crippen LogP contribution < -0.4 is 16.4 Å². The van der Waals surface area contributed by atoms with Crippen LogP contribution in [-0.4, -0.2) is 94.4 Å². The second kappa shape index (κ2) is 13.1. The van der Waals surface area contributed by atoms with Crippen LogP contribution in [0.1, 0.15) is 67.8 Å². The van der Waals surface area contributed by atoms with Gasteiger partial charge >= 0.3 is 5.97 Å². The Morgan fingerprint density at radius 2 is 1.68 bits per heavy atom. The molecule has 0 radical (unpaired) electrons. The van der Waals surface area contributed by atoms with Crippen molar-refractivity contribution >= 4 is 46.7 Å². The number of carboxylic acid groups (broad SMARTS) is 1. The summed E-state index contributed by atoms with van der Waals surface area (Å²) in [7, 11) is 2.13. The van der Waals surface area contributed by atoms with E-state index in [0.717, 1.165) is 51.1 Å². The first-order chi connectivity index (χ1) is 22.5. The predicted molar refractivity (Wildman–Crippen MR) is 180 cm³/mol. The van der Waals surface area contributed by atoms with Gasteiger partial charge in [-0.05, 0) is 75.2 Å². The fourth-order valence-corrected chi connectivity index (χ4v) is 6.93. The molecule has 246 valence electrons. The minimum Gasteiger partial charge on any atom is -0.478 e. The monoisotopic (exact) mass is 639 g/mol. The van der Waals surface area contributed by atoms with E-state index in [9.17, 15) is 24.3 Å². The topological polar surface area (TPSA) is 153 Å². The highest BCUT2D eigenvalue weighted by Gasteiger charge is 2.35. The van der Waals surface area contributed by atoms with Crippen LogP contribution in [0.3, 0.4) is 0 Å². The smallest absolute Gasteiger partial charge is 0.337 e. The summed E-state index contributed by atoms with van der Waals surface area (Å²) in [5.41, 5.74) is 10.9. The molecule has 0 aliphatic carbocycles. The number of nitrogens with one attached hydrogen (secondary N) is 2. The third kappa shape index (κ3) is 6.44. The van der Waals surface area contributed by atoms with Gasteiger partial charge < -0.3 is 30.9 Å². The fraction of sp³-hybridized carbons (Fsp3) is 0.371. The van der Waals surface area contributed by atoms with Gasteiger partial charge in [-0.15, -0.1) is 0 Å². The van der Waals surface area contributed by atoms with Crippen LogP contribution >= 0.6 is 0 Å². The van der Waals surface area contributed by atoms with Crippen LogP contribution in [0.4, 0.5) is 11.4 Å². The number of aromatic carboxylic acids is 1. The van der Waals surface area contributed by atoms with Crippen molar-refractivity contribution in [1.82, 2.24) is 19.3 Å². The lowest BCUT2D eigenvalue weighted by Crippen LogP contribution is -2.43. The van der Waals surface area contributed by atoms with Crippen molar-refractivity contribution < 1.29 is 24.3 Å². The van der Waals surface area contributed by atoms with Gasteiger partial charge in [-0.2, -0.15) is 0 Å². The number of likely N-dealkylation sites (tertiary alicyclic amines) is 1. The molecule has 2 fully saturated rings. The number of piperazine rings is 1. The number of carbonyl (C=O) groups is 4. The zero-order valence-corrected chi connectivity index (χ0v) is 27.0. The van der Waals surface area contributed by atoms with Crippen LogP contribution in [0.5, 0.6) is 0 Å². The summed E-state index contributed by atoms with van der Waals surface area (Å²) < 4.78 is 1.65. The van der Waals surface area contributed by atoms with Crippen molar-refractivity contribution in [3.05, 3.63) is 81.7 Å². The summed E-state index contributed by atoms with van der Waals surface area (Å²) in [6.07, 6.45) is 2.55. The molecule has 0 bridgehead atoms. The van der Waals surface area contributed by atoms with E-state index in [1.807, 2.05) is 29.2 Å². The zero-order chi connectivity index (χ0) is 33.4.